The molecule has 2 aromatic carbocycles. The normalized spacial score (nSPS) is 28.6. The summed E-state index contributed by atoms with van der Waals surface area (Å²) in [5.41, 5.74) is 7.93. The molecular weight excluding hydrogens is 455 g/mol. The summed E-state index contributed by atoms with van der Waals surface area (Å²) in [6.45, 7) is 5.67. The van der Waals surface area contributed by atoms with Crippen molar-refractivity contribution in [3.05, 3.63) is 69.7 Å². The van der Waals surface area contributed by atoms with Crippen LogP contribution in [0.1, 0.15) is 69.9 Å². The molecule has 1 saturated heterocycles. The minimum atomic E-state index is -0.834. The third-order valence-corrected chi connectivity index (χ3v) is 7.54. The van der Waals surface area contributed by atoms with Crippen molar-refractivity contribution in [2.75, 3.05) is 0 Å². The number of hydrogen-bond donors (Lipinski definition) is 2. The highest BCUT2D eigenvalue weighted by atomic mass is 35.5. The molecule has 1 heterocycles. The second-order valence-electron chi connectivity index (χ2n) is 10.5. The van der Waals surface area contributed by atoms with Gasteiger partial charge in [-0.05, 0) is 74.9 Å². The van der Waals surface area contributed by atoms with Gasteiger partial charge in [-0.2, -0.15) is 0 Å². The molecule has 0 bridgehead atoms. The van der Waals surface area contributed by atoms with Crippen molar-refractivity contribution in [3.8, 4) is 0 Å². The first-order valence-corrected chi connectivity index (χ1v) is 12.6. The van der Waals surface area contributed by atoms with E-state index in [1.807, 2.05) is 69.3 Å². The van der Waals surface area contributed by atoms with E-state index in [-0.39, 0.29) is 17.9 Å². The molecule has 4 unspecified atom stereocenters. The Morgan fingerprint density at radius 1 is 1.03 bits per heavy atom. The summed E-state index contributed by atoms with van der Waals surface area (Å²) in [5, 5.41) is 4.96. The van der Waals surface area contributed by atoms with Crippen molar-refractivity contribution in [1.82, 2.24) is 5.32 Å². The van der Waals surface area contributed by atoms with Gasteiger partial charge in [-0.1, -0.05) is 66.7 Å². The van der Waals surface area contributed by atoms with Crippen molar-refractivity contribution < 1.29 is 9.53 Å². The summed E-state index contributed by atoms with van der Waals surface area (Å²) in [4.78, 5) is 13.5. The number of esters is 1. The molecule has 2 fully saturated rings. The van der Waals surface area contributed by atoms with E-state index in [1.165, 1.54) is 19.3 Å². The summed E-state index contributed by atoms with van der Waals surface area (Å²) >= 11 is 12.6. The lowest BCUT2D eigenvalue weighted by Gasteiger charge is -2.42. The highest BCUT2D eigenvalue weighted by Crippen LogP contribution is 2.50. The summed E-state index contributed by atoms with van der Waals surface area (Å²) in [7, 11) is 0. The van der Waals surface area contributed by atoms with Crippen LogP contribution in [-0.2, 0) is 15.1 Å². The molecule has 3 N–H and O–H groups in total. The maximum Gasteiger partial charge on any atom is 0.324 e. The lowest BCUT2D eigenvalue weighted by Crippen LogP contribution is -2.54. The van der Waals surface area contributed by atoms with Crippen LogP contribution in [0.4, 0.5) is 0 Å². The summed E-state index contributed by atoms with van der Waals surface area (Å²) in [6.07, 6.45) is 5.78. The number of nitrogens with two attached hydrogens (primary N) is 1. The van der Waals surface area contributed by atoms with Gasteiger partial charge in [0.15, 0.2) is 0 Å². The monoisotopic (exact) mass is 488 g/mol. The molecule has 1 saturated carbocycles. The van der Waals surface area contributed by atoms with Gasteiger partial charge in [0.2, 0.25) is 0 Å². The minimum Gasteiger partial charge on any atom is -0.459 e. The van der Waals surface area contributed by atoms with Crippen molar-refractivity contribution in [1.29, 1.82) is 0 Å². The number of halogens is 2. The molecule has 0 aromatic heterocycles. The summed E-state index contributed by atoms with van der Waals surface area (Å²) in [6, 6.07) is 14.8. The van der Waals surface area contributed by atoms with Gasteiger partial charge in [0.05, 0.1) is 5.54 Å². The number of carbonyl (C=O) groups is 1. The number of hydrogen-bond acceptors (Lipinski definition) is 4. The first kappa shape index (κ1) is 24.5. The van der Waals surface area contributed by atoms with Gasteiger partial charge in [-0.25, -0.2) is 0 Å². The van der Waals surface area contributed by atoms with Gasteiger partial charge in [-0.15, -0.1) is 0 Å². The lowest BCUT2D eigenvalue weighted by atomic mass is 9.67. The lowest BCUT2D eigenvalue weighted by molar-refractivity contribution is -0.157. The van der Waals surface area contributed by atoms with Crippen LogP contribution in [0.15, 0.2) is 48.5 Å². The molecule has 6 heteroatoms. The highest BCUT2D eigenvalue weighted by molar-refractivity contribution is 6.30. The van der Waals surface area contributed by atoms with Crippen molar-refractivity contribution in [3.63, 3.8) is 0 Å². The molecule has 4 rings (SSSR count). The third-order valence-electron chi connectivity index (χ3n) is 7.06. The third kappa shape index (κ3) is 5.09. The molecule has 2 aliphatic rings. The molecule has 4 nitrogen and oxygen atoms in total. The summed E-state index contributed by atoms with van der Waals surface area (Å²) < 4.78 is 5.88. The van der Waals surface area contributed by atoms with Gasteiger partial charge in [-0.3, -0.25) is 10.1 Å². The Morgan fingerprint density at radius 2 is 1.70 bits per heavy atom. The Labute approximate surface area is 207 Å². The van der Waals surface area contributed by atoms with Crippen LogP contribution >= 0.6 is 23.2 Å². The number of ether oxygens (including phenoxy) is 1. The minimum absolute atomic E-state index is 0.0829. The SMILES string of the molecule is CC(C)(C)OC(=O)C1NC(C2CCCCC2)C(N)(c2ccc(Cl)cc2)C1c1cccc(Cl)c1. The van der Waals surface area contributed by atoms with E-state index in [4.69, 9.17) is 33.7 Å². The Bertz CT molecular complexity index is 982. The molecule has 0 amide bonds. The predicted molar refractivity (Wildman–Crippen MR) is 135 cm³/mol. The standard InChI is InChI=1S/C27H34Cl2N2O2/c1-26(2,3)33-25(32)23-22(18-10-7-11-21(29)16-18)27(30,19-12-14-20(28)15-13-19)24(31-23)17-8-5-4-6-9-17/h7,10-17,22-24,31H,4-6,8-9,30H2,1-3H3. The van der Waals surface area contributed by atoms with Gasteiger partial charge >= 0.3 is 5.97 Å². The Balaban J connectivity index is 1.87. The van der Waals surface area contributed by atoms with Crippen molar-refractivity contribution in [2.24, 2.45) is 11.7 Å². The van der Waals surface area contributed by atoms with E-state index in [0.717, 1.165) is 24.0 Å². The zero-order chi connectivity index (χ0) is 23.8. The van der Waals surface area contributed by atoms with Crippen LogP contribution in [-0.4, -0.2) is 23.7 Å². The molecule has 33 heavy (non-hydrogen) atoms. The first-order valence-electron chi connectivity index (χ1n) is 11.9. The fraction of sp³-hybridized carbons (Fsp3) is 0.519. The molecule has 1 aliphatic heterocycles. The second-order valence-corrected chi connectivity index (χ2v) is 11.4. The largest absolute Gasteiger partial charge is 0.459 e. The van der Waals surface area contributed by atoms with Crippen LogP contribution in [0, 0.1) is 5.92 Å². The molecule has 2 aromatic rings. The molecule has 1 aliphatic carbocycles. The fourth-order valence-electron chi connectivity index (χ4n) is 5.73. The van der Waals surface area contributed by atoms with E-state index in [2.05, 4.69) is 5.32 Å². The molecule has 178 valence electrons. The molecule has 0 radical (unpaired) electrons. The van der Waals surface area contributed by atoms with Crippen molar-refractivity contribution >= 4 is 29.2 Å². The zero-order valence-corrected chi connectivity index (χ0v) is 21.1. The summed E-state index contributed by atoms with van der Waals surface area (Å²) in [5.74, 6) is -0.262. The van der Waals surface area contributed by atoms with E-state index < -0.39 is 17.2 Å². The first-order chi connectivity index (χ1) is 15.6. The Hall–Kier alpha value is -1.59. The number of rotatable bonds is 4. The van der Waals surface area contributed by atoms with E-state index in [1.54, 1.807) is 0 Å². The van der Waals surface area contributed by atoms with Crippen molar-refractivity contribution in [2.45, 2.75) is 82.0 Å². The van der Waals surface area contributed by atoms with Crippen LogP contribution < -0.4 is 11.1 Å². The van der Waals surface area contributed by atoms with Crippen LogP contribution in [0.5, 0.6) is 0 Å². The average molecular weight is 489 g/mol. The van der Waals surface area contributed by atoms with Crippen LogP contribution in [0.2, 0.25) is 10.0 Å². The topological polar surface area (TPSA) is 64.3 Å². The highest BCUT2D eigenvalue weighted by Gasteiger charge is 2.59. The Kier molecular flexibility index (Phi) is 7.12. The fourth-order valence-corrected chi connectivity index (χ4v) is 6.05. The quantitative estimate of drug-likeness (QED) is 0.503. The predicted octanol–water partition coefficient (Wildman–Crippen LogP) is 6.19. The van der Waals surface area contributed by atoms with Gasteiger partial charge < -0.3 is 10.5 Å². The van der Waals surface area contributed by atoms with Gasteiger partial charge in [0, 0.05) is 22.0 Å². The van der Waals surface area contributed by atoms with Crippen LogP contribution in [0.3, 0.4) is 0 Å². The van der Waals surface area contributed by atoms with E-state index in [9.17, 15) is 4.79 Å². The average Bonchev–Trinajstić information content (AvgIpc) is 3.08. The van der Waals surface area contributed by atoms with Crippen LogP contribution in [0.25, 0.3) is 0 Å². The second kappa shape index (κ2) is 9.58. The zero-order valence-electron chi connectivity index (χ0n) is 19.6. The maximum absolute atomic E-state index is 13.5. The van der Waals surface area contributed by atoms with Gasteiger partial charge in [0.1, 0.15) is 11.6 Å². The van der Waals surface area contributed by atoms with E-state index in [0.29, 0.717) is 16.0 Å². The molecular formula is C27H34Cl2N2O2. The number of carbonyl (C=O) groups excluding carboxylic acids is 1. The van der Waals surface area contributed by atoms with Gasteiger partial charge in [0.25, 0.3) is 0 Å². The number of benzene rings is 2. The van der Waals surface area contributed by atoms with E-state index >= 15 is 0 Å². The maximum atomic E-state index is 13.5. The number of nitrogens with one attached hydrogen (secondary N) is 1. The Morgan fingerprint density at radius 3 is 2.30 bits per heavy atom. The molecule has 0 spiro atoms. The smallest absolute Gasteiger partial charge is 0.324 e. The molecule has 4 atom stereocenters.